The largest absolute Gasteiger partial charge is 0.304 e. The summed E-state index contributed by atoms with van der Waals surface area (Å²) in [5.41, 5.74) is 1.27. The van der Waals surface area contributed by atoms with Gasteiger partial charge in [0.15, 0.2) is 0 Å². The van der Waals surface area contributed by atoms with Crippen LogP contribution in [0.2, 0.25) is 0 Å². The number of aryl methyl sites for hydroxylation is 1. The minimum Gasteiger partial charge on any atom is -0.304 e. The summed E-state index contributed by atoms with van der Waals surface area (Å²) in [7, 11) is 0. The first-order valence-electron chi connectivity index (χ1n) is 6.08. The summed E-state index contributed by atoms with van der Waals surface area (Å²) >= 11 is 0. The number of hydrogen-bond acceptors (Lipinski definition) is 3. The molecular weight excluding hydrogens is 248 g/mol. The molecule has 0 radical (unpaired) electrons. The van der Waals surface area contributed by atoms with Crippen LogP contribution < -0.4 is 5.32 Å². The van der Waals surface area contributed by atoms with Crippen LogP contribution in [0.1, 0.15) is 29.9 Å². The first-order valence-corrected chi connectivity index (χ1v) is 6.08. The number of hydrogen-bond donors (Lipinski definition) is 1. The number of nitrogens with one attached hydrogen (secondary N) is 1. The third kappa shape index (κ3) is 3.12. The topological polar surface area (TPSA) is 37.8 Å². The third-order valence-electron chi connectivity index (χ3n) is 2.74. The monoisotopic (exact) mass is 263 g/mol. The zero-order valence-electron chi connectivity index (χ0n) is 10.8. The second kappa shape index (κ2) is 5.84. The summed E-state index contributed by atoms with van der Waals surface area (Å²) in [6, 6.07) is 3.04. The van der Waals surface area contributed by atoms with Crippen LogP contribution in [0.25, 0.3) is 0 Å². The van der Waals surface area contributed by atoms with Crippen LogP contribution in [0.3, 0.4) is 0 Å². The van der Waals surface area contributed by atoms with Crippen molar-refractivity contribution in [3.05, 3.63) is 59.2 Å². The Morgan fingerprint density at radius 2 is 1.89 bits per heavy atom. The van der Waals surface area contributed by atoms with Gasteiger partial charge in [-0.05, 0) is 25.1 Å². The third-order valence-corrected chi connectivity index (χ3v) is 2.74. The van der Waals surface area contributed by atoms with Gasteiger partial charge in [0.1, 0.15) is 17.5 Å². The summed E-state index contributed by atoms with van der Waals surface area (Å²) in [4.78, 5) is 8.41. The van der Waals surface area contributed by atoms with E-state index in [-0.39, 0.29) is 0 Å². The number of nitrogens with zero attached hydrogens (tertiary/aromatic N) is 2. The maximum absolute atomic E-state index is 13.9. The van der Waals surface area contributed by atoms with Gasteiger partial charge in [0, 0.05) is 24.0 Å². The highest BCUT2D eigenvalue weighted by Crippen LogP contribution is 2.22. The van der Waals surface area contributed by atoms with Gasteiger partial charge in [-0.3, -0.25) is 0 Å². The molecular formula is C14H15F2N3. The SMILES string of the molecule is CCNC(c1ncc(C)cn1)c1ccc(F)cc1F. The van der Waals surface area contributed by atoms with Crippen molar-refractivity contribution in [3.63, 3.8) is 0 Å². The van der Waals surface area contributed by atoms with Crippen molar-refractivity contribution in [2.45, 2.75) is 19.9 Å². The van der Waals surface area contributed by atoms with Gasteiger partial charge in [-0.1, -0.05) is 13.0 Å². The normalized spacial score (nSPS) is 12.4. The molecule has 0 bridgehead atoms. The van der Waals surface area contributed by atoms with Gasteiger partial charge < -0.3 is 5.32 Å². The molecule has 1 atom stereocenters. The van der Waals surface area contributed by atoms with Gasteiger partial charge >= 0.3 is 0 Å². The smallest absolute Gasteiger partial charge is 0.149 e. The van der Waals surface area contributed by atoms with Gasteiger partial charge in [-0.15, -0.1) is 0 Å². The molecule has 0 aliphatic rings. The molecule has 1 heterocycles. The van der Waals surface area contributed by atoms with Crippen LogP contribution in [0.5, 0.6) is 0 Å². The van der Waals surface area contributed by atoms with Crippen molar-refractivity contribution in [1.82, 2.24) is 15.3 Å². The Kier molecular flexibility index (Phi) is 4.16. The highest BCUT2D eigenvalue weighted by atomic mass is 19.1. The molecule has 0 aliphatic carbocycles. The lowest BCUT2D eigenvalue weighted by Gasteiger charge is -2.17. The molecule has 0 saturated carbocycles. The highest BCUT2D eigenvalue weighted by Gasteiger charge is 2.19. The average Bonchev–Trinajstić information content (AvgIpc) is 2.38. The van der Waals surface area contributed by atoms with Gasteiger partial charge in [0.2, 0.25) is 0 Å². The Morgan fingerprint density at radius 1 is 1.21 bits per heavy atom. The molecule has 19 heavy (non-hydrogen) atoms. The van der Waals surface area contributed by atoms with Gasteiger partial charge in [0.05, 0.1) is 6.04 Å². The van der Waals surface area contributed by atoms with Crippen LogP contribution in [0.15, 0.2) is 30.6 Å². The molecule has 3 nitrogen and oxygen atoms in total. The minimum absolute atomic E-state index is 0.340. The van der Waals surface area contributed by atoms with Crippen LogP contribution in [-0.4, -0.2) is 16.5 Å². The summed E-state index contributed by atoms with van der Waals surface area (Å²) in [6.07, 6.45) is 3.35. The maximum Gasteiger partial charge on any atom is 0.149 e. The van der Waals surface area contributed by atoms with Gasteiger partial charge in [-0.25, -0.2) is 18.7 Å². The average molecular weight is 263 g/mol. The van der Waals surface area contributed by atoms with Gasteiger partial charge in [0.25, 0.3) is 0 Å². The number of rotatable bonds is 4. The molecule has 0 fully saturated rings. The molecule has 5 heteroatoms. The fourth-order valence-corrected chi connectivity index (χ4v) is 1.83. The molecule has 2 aromatic rings. The summed E-state index contributed by atoms with van der Waals surface area (Å²) in [5.74, 6) is -0.727. The molecule has 0 amide bonds. The zero-order chi connectivity index (χ0) is 13.8. The molecule has 1 aromatic heterocycles. The van der Waals surface area contributed by atoms with Crippen molar-refractivity contribution < 1.29 is 8.78 Å². The first kappa shape index (κ1) is 13.5. The summed E-state index contributed by atoms with van der Waals surface area (Å²) in [5, 5.41) is 3.11. The molecule has 1 unspecified atom stereocenters. The van der Waals surface area contributed by atoms with E-state index in [1.54, 1.807) is 12.4 Å². The van der Waals surface area contributed by atoms with Crippen molar-refractivity contribution >= 4 is 0 Å². The molecule has 2 rings (SSSR count). The number of benzene rings is 1. The van der Waals surface area contributed by atoms with E-state index in [1.165, 1.54) is 12.1 Å². The lowest BCUT2D eigenvalue weighted by Crippen LogP contribution is -2.25. The standard InChI is InChI=1S/C14H15F2N3/c1-3-17-13(14-18-7-9(2)8-19-14)11-5-4-10(15)6-12(11)16/h4-8,13,17H,3H2,1-2H3. The van der Waals surface area contributed by atoms with E-state index < -0.39 is 17.7 Å². The fraction of sp³-hybridized carbons (Fsp3) is 0.286. The lowest BCUT2D eigenvalue weighted by atomic mass is 10.1. The van der Waals surface area contributed by atoms with Crippen LogP contribution in [0, 0.1) is 18.6 Å². The second-order valence-corrected chi connectivity index (χ2v) is 4.28. The summed E-state index contributed by atoms with van der Waals surface area (Å²) < 4.78 is 26.8. The molecule has 0 spiro atoms. The predicted octanol–water partition coefficient (Wildman–Crippen LogP) is 2.76. The first-order chi connectivity index (χ1) is 9.11. The number of aromatic nitrogens is 2. The Balaban J connectivity index is 2.41. The predicted molar refractivity (Wildman–Crippen MR) is 68.6 cm³/mol. The fourth-order valence-electron chi connectivity index (χ4n) is 1.83. The maximum atomic E-state index is 13.9. The van der Waals surface area contributed by atoms with E-state index in [2.05, 4.69) is 15.3 Å². The second-order valence-electron chi connectivity index (χ2n) is 4.28. The quantitative estimate of drug-likeness (QED) is 0.921. The van der Waals surface area contributed by atoms with E-state index in [0.717, 1.165) is 11.6 Å². The van der Waals surface area contributed by atoms with Crippen molar-refractivity contribution in [1.29, 1.82) is 0 Å². The zero-order valence-corrected chi connectivity index (χ0v) is 10.8. The minimum atomic E-state index is -0.602. The Labute approximate surface area is 110 Å². The van der Waals surface area contributed by atoms with E-state index in [4.69, 9.17) is 0 Å². The Bertz CT molecular complexity index is 555. The van der Waals surface area contributed by atoms with Crippen molar-refractivity contribution in [2.24, 2.45) is 0 Å². The molecule has 0 aliphatic heterocycles. The van der Waals surface area contributed by atoms with E-state index in [1.807, 2.05) is 13.8 Å². The number of halogens is 2. The van der Waals surface area contributed by atoms with E-state index in [9.17, 15) is 8.78 Å². The van der Waals surface area contributed by atoms with Crippen LogP contribution in [0.4, 0.5) is 8.78 Å². The van der Waals surface area contributed by atoms with Crippen molar-refractivity contribution in [3.8, 4) is 0 Å². The van der Waals surface area contributed by atoms with E-state index in [0.29, 0.717) is 17.9 Å². The van der Waals surface area contributed by atoms with Crippen molar-refractivity contribution in [2.75, 3.05) is 6.54 Å². The molecule has 100 valence electrons. The summed E-state index contributed by atoms with van der Waals surface area (Å²) in [6.45, 7) is 4.41. The van der Waals surface area contributed by atoms with Gasteiger partial charge in [-0.2, -0.15) is 0 Å². The highest BCUT2D eigenvalue weighted by molar-refractivity contribution is 5.27. The Hall–Kier alpha value is -1.88. The molecule has 0 saturated heterocycles. The van der Waals surface area contributed by atoms with Crippen LogP contribution >= 0.6 is 0 Å². The van der Waals surface area contributed by atoms with Crippen LogP contribution in [-0.2, 0) is 0 Å². The molecule has 1 aromatic carbocycles. The molecule has 1 N–H and O–H groups in total. The van der Waals surface area contributed by atoms with E-state index >= 15 is 0 Å². The lowest BCUT2D eigenvalue weighted by molar-refractivity contribution is 0.529. The Morgan fingerprint density at radius 3 is 2.47 bits per heavy atom.